The van der Waals surface area contributed by atoms with Gasteiger partial charge in [0.2, 0.25) is 11.7 Å². The molecule has 3 aromatic heterocycles. The molecule has 366 valence electrons. The van der Waals surface area contributed by atoms with Crippen LogP contribution in [0.5, 0.6) is 0 Å². The van der Waals surface area contributed by atoms with Crippen LogP contribution in [0.4, 0.5) is 0 Å². The largest absolute Gasteiger partial charge is 0.466 e. The predicted octanol–water partition coefficient (Wildman–Crippen LogP) is 7.66. The fourth-order valence-corrected chi connectivity index (χ4v) is 6.75. The van der Waals surface area contributed by atoms with E-state index in [-0.39, 0.29) is 35.4 Å². The van der Waals surface area contributed by atoms with E-state index < -0.39 is 53.6 Å². The van der Waals surface area contributed by atoms with Crippen LogP contribution in [0.2, 0.25) is 0 Å². The molecule has 0 bridgehead atoms. The third-order valence-corrected chi connectivity index (χ3v) is 10.8. The smallest absolute Gasteiger partial charge is 0.357 e. The molecule has 0 saturated heterocycles. The van der Waals surface area contributed by atoms with E-state index in [0.717, 1.165) is 16.7 Å². The maximum Gasteiger partial charge on any atom is 0.357 e. The first-order valence-corrected chi connectivity index (χ1v) is 22.0. The van der Waals surface area contributed by atoms with Crippen molar-refractivity contribution in [1.82, 2.24) is 28.7 Å². The quantitative estimate of drug-likeness (QED) is 0.0673. The van der Waals surface area contributed by atoms with Gasteiger partial charge >= 0.3 is 35.8 Å². The van der Waals surface area contributed by atoms with Gasteiger partial charge in [-0.2, -0.15) is 0 Å². The predicted molar refractivity (Wildman–Crippen MR) is 252 cm³/mol. The van der Waals surface area contributed by atoms with Crippen LogP contribution in [0.1, 0.15) is 122 Å². The molecule has 6 aromatic rings. The number of nitrogens with zero attached hydrogens (tertiary/aromatic N) is 6. The molecular weight excluding hydrogens is 889 g/mol. The minimum absolute atomic E-state index is 0.0836. The maximum absolute atomic E-state index is 12.5. The van der Waals surface area contributed by atoms with Gasteiger partial charge < -0.3 is 42.1 Å². The molecule has 3 heterocycles. The zero-order valence-electron chi connectivity index (χ0n) is 40.7. The van der Waals surface area contributed by atoms with E-state index in [1.54, 1.807) is 46.5 Å². The van der Waals surface area contributed by atoms with Gasteiger partial charge in [0.25, 0.3) is 0 Å². The number of rotatable bonds is 16. The van der Waals surface area contributed by atoms with Crippen LogP contribution in [0.15, 0.2) is 129 Å². The normalized spacial score (nSPS) is 13.0. The van der Waals surface area contributed by atoms with E-state index in [1.165, 1.54) is 60.7 Å². The second-order valence-electron chi connectivity index (χ2n) is 16.4. The summed E-state index contributed by atoms with van der Waals surface area (Å²) in [5.74, 6) is -3.81. The van der Waals surface area contributed by atoms with Crippen LogP contribution in [-0.2, 0) is 42.8 Å². The summed E-state index contributed by atoms with van der Waals surface area (Å²) in [6.07, 6.45) is 7.09. The molecule has 0 aliphatic carbocycles. The molecule has 0 fully saturated rings. The maximum atomic E-state index is 12.5. The van der Waals surface area contributed by atoms with Gasteiger partial charge in [-0.15, -0.1) is 0 Å². The Morgan fingerprint density at radius 3 is 1.16 bits per heavy atom. The van der Waals surface area contributed by atoms with E-state index in [0.29, 0.717) is 5.69 Å². The van der Waals surface area contributed by atoms with Gasteiger partial charge in [-0.3, -0.25) is 0 Å². The summed E-state index contributed by atoms with van der Waals surface area (Å²) in [4.78, 5) is 84.0. The highest BCUT2D eigenvalue weighted by atomic mass is 16.6. The van der Waals surface area contributed by atoms with Crippen molar-refractivity contribution in [2.24, 2.45) is 5.92 Å². The fourth-order valence-electron chi connectivity index (χ4n) is 6.75. The van der Waals surface area contributed by atoms with E-state index >= 15 is 0 Å². The van der Waals surface area contributed by atoms with Gasteiger partial charge in [0.05, 0.1) is 77.0 Å². The lowest BCUT2D eigenvalue weighted by atomic mass is 10.1. The van der Waals surface area contributed by atoms with Crippen LogP contribution in [0.25, 0.3) is 0 Å². The number of carbonyl (C=O) groups excluding carboxylic acids is 6. The Balaban J connectivity index is 0.000000226. The van der Waals surface area contributed by atoms with E-state index in [2.05, 4.69) is 24.4 Å². The summed E-state index contributed by atoms with van der Waals surface area (Å²) < 4.78 is 34.8. The monoisotopic (exact) mass is 948 g/mol. The lowest BCUT2D eigenvalue weighted by molar-refractivity contribution is -0.159. The first-order valence-electron chi connectivity index (χ1n) is 22.0. The Kier molecular flexibility index (Phi) is 19.7. The molecule has 0 aliphatic rings. The highest BCUT2D eigenvalue weighted by Gasteiger charge is 2.35. The molecule has 0 saturated carbocycles. The Morgan fingerprint density at radius 1 is 0.478 bits per heavy atom. The number of hydrogen-bond donors (Lipinski definition) is 0. The highest BCUT2D eigenvalue weighted by molar-refractivity contribution is 5.91. The number of benzene rings is 3. The number of imidazole rings is 3. The van der Waals surface area contributed by atoms with Crippen LogP contribution in [-0.4, -0.2) is 104 Å². The zero-order chi connectivity index (χ0) is 50.8. The number of hydrogen-bond acceptors (Lipinski definition) is 15. The Morgan fingerprint density at radius 2 is 0.826 bits per heavy atom. The molecule has 0 spiro atoms. The standard InChI is InChI=1S/C18H22N2O4.C17H20N2O4.C16H18N2O4/c1-12(2)16(18(22)23-4)24-17(21)15-10-19-11-20(15)13(3)14-8-6-5-7-9-14;1-12(13-8-6-5-7-9-13)19-11-18-10-14(19)15(20)23-17(2,3)16(21)22-4;1-11(13-7-5-4-6-8-13)18-10-17-9-14(18)16(20)22-12(2)15(19)21-3/h5-13,16H,1-4H3;5-12H,1-4H3;4-12H,1-3H3/t13-,16+;12-;11-,12-/m111/s1. The summed E-state index contributed by atoms with van der Waals surface area (Å²) in [6, 6.07) is 29.0. The molecule has 6 rings (SSSR count). The van der Waals surface area contributed by atoms with Gasteiger partial charge in [-0.05, 0) is 58.2 Å². The number of ether oxygens (including phenoxy) is 6. The third-order valence-electron chi connectivity index (χ3n) is 10.8. The van der Waals surface area contributed by atoms with Crippen LogP contribution < -0.4 is 0 Å². The van der Waals surface area contributed by atoms with Crippen molar-refractivity contribution in [2.75, 3.05) is 21.3 Å². The second-order valence-corrected chi connectivity index (χ2v) is 16.4. The SMILES string of the molecule is COC(=O)C(C)(C)OC(=O)c1cncn1[C@H](C)c1ccccc1.COC(=O)[C@@H](C)OC(=O)c1cncn1[C@H](C)c1ccccc1.COC(=O)[C@@H](OC(=O)c1cncn1[C@H](C)c1ccccc1)C(C)C. The molecule has 0 radical (unpaired) electrons. The Labute approximate surface area is 401 Å². The van der Waals surface area contributed by atoms with Crippen molar-refractivity contribution in [1.29, 1.82) is 0 Å². The highest BCUT2D eigenvalue weighted by Crippen LogP contribution is 2.24. The minimum atomic E-state index is -1.36. The minimum Gasteiger partial charge on any atom is -0.466 e. The summed E-state index contributed by atoms with van der Waals surface area (Å²) in [7, 11) is 3.77. The summed E-state index contributed by atoms with van der Waals surface area (Å²) in [5, 5.41) is 0. The van der Waals surface area contributed by atoms with Gasteiger partial charge in [-0.25, -0.2) is 43.7 Å². The molecule has 0 N–H and O–H groups in total. The average Bonchev–Trinajstić information content (AvgIpc) is 4.18. The molecule has 0 unspecified atom stereocenters. The molecule has 5 atom stereocenters. The summed E-state index contributed by atoms with van der Waals surface area (Å²) in [6.45, 7) is 13.9. The third kappa shape index (κ3) is 14.3. The van der Waals surface area contributed by atoms with Crippen LogP contribution >= 0.6 is 0 Å². The summed E-state index contributed by atoms with van der Waals surface area (Å²) in [5.41, 5.74) is 2.60. The topological polar surface area (TPSA) is 211 Å². The average molecular weight is 949 g/mol. The summed E-state index contributed by atoms with van der Waals surface area (Å²) >= 11 is 0. The zero-order valence-corrected chi connectivity index (χ0v) is 40.7. The van der Waals surface area contributed by atoms with Crippen LogP contribution in [0.3, 0.4) is 0 Å². The van der Waals surface area contributed by atoms with Crippen molar-refractivity contribution in [3.63, 3.8) is 0 Å². The lowest BCUT2D eigenvalue weighted by Crippen LogP contribution is -2.38. The Hall–Kier alpha value is -7.89. The van der Waals surface area contributed by atoms with Crippen molar-refractivity contribution in [3.05, 3.63) is 162 Å². The molecule has 0 amide bonds. The molecule has 18 heteroatoms. The second kappa shape index (κ2) is 25.3. The number of aromatic nitrogens is 6. The van der Waals surface area contributed by atoms with Gasteiger partial charge in [0.1, 0.15) is 17.1 Å². The van der Waals surface area contributed by atoms with Crippen molar-refractivity contribution in [2.45, 2.75) is 91.3 Å². The molecule has 18 nitrogen and oxygen atoms in total. The molecule has 3 aromatic carbocycles. The van der Waals surface area contributed by atoms with Gasteiger partial charge in [-0.1, -0.05) is 105 Å². The van der Waals surface area contributed by atoms with Gasteiger partial charge in [0, 0.05) is 5.92 Å². The number of esters is 6. The van der Waals surface area contributed by atoms with Crippen LogP contribution in [0, 0.1) is 5.92 Å². The first kappa shape index (κ1) is 53.7. The number of methoxy groups -OCH3 is 3. The molecule has 0 aliphatic heterocycles. The lowest BCUT2D eigenvalue weighted by Gasteiger charge is -2.23. The van der Waals surface area contributed by atoms with Gasteiger partial charge in [0.15, 0.2) is 6.10 Å². The molecule has 69 heavy (non-hydrogen) atoms. The van der Waals surface area contributed by atoms with E-state index in [9.17, 15) is 28.8 Å². The fraction of sp³-hybridized carbons (Fsp3) is 0.353. The van der Waals surface area contributed by atoms with Crippen molar-refractivity contribution >= 4 is 35.8 Å². The van der Waals surface area contributed by atoms with Crippen molar-refractivity contribution < 1.29 is 57.2 Å². The first-order chi connectivity index (χ1) is 32.9. The molecular formula is C51H60N6O12. The van der Waals surface area contributed by atoms with E-state index in [4.69, 9.17) is 18.9 Å². The Bertz CT molecular complexity index is 2610. The van der Waals surface area contributed by atoms with Crippen molar-refractivity contribution in [3.8, 4) is 0 Å². The van der Waals surface area contributed by atoms with E-state index in [1.807, 2.05) is 112 Å². The number of carbonyl (C=O) groups is 6.